The summed E-state index contributed by atoms with van der Waals surface area (Å²) in [7, 11) is 0. The summed E-state index contributed by atoms with van der Waals surface area (Å²) >= 11 is 0. The lowest BCUT2D eigenvalue weighted by Crippen LogP contribution is -2.20. The normalized spacial score (nSPS) is 10.8. The molecule has 1 aromatic heterocycles. The summed E-state index contributed by atoms with van der Waals surface area (Å²) in [6.45, 7) is 1.37. The van der Waals surface area contributed by atoms with E-state index in [-0.39, 0.29) is 28.5 Å². The molecule has 0 bridgehead atoms. The lowest BCUT2D eigenvalue weighted by molar-refractivity contribution is 0.0923. The molecule has 0 N–H and O–H groups in total. The summed E-state index contributed by atoms with van der Waals surface area (Å²) in [6, 6.07) is 22.4. The minimum Gasteiger partial charge on any atom is -0.291 e. The summed E-state index contributed by atoms with van der Waals surface area (Å²) in [5.41, 5.74) is 2.07. The maximum absolute atomic E-state index is 13.4. The largest absolute Gasteiger partial charge is 0.291 e. The molecule has 0 amide bonds. The topological polar surface area (TPSA) is 69.0 Å². The molecule has 0 aliphatic heterocycles. The molecule has 4 aromatic rings. The predicted octanol–water partition coefficient (Wildman–Crippen LogP) is 4.16. The van der Waals surface area contributed by atoms with Gasteiger partial charge < -0.3 is 0 Å². The third-order valence-electron chi connectivity index (χ3n) is 4.52. The van der Waals surface area contributed by atoms with Crippen molar-refractivity contribution >= 4 is 28.5 Å². The molecule has 0 unspecified atom stereocenters. The Bertz CT molecular complexity index is 1220. The number of para-hydroxylation sites is 2. The fourth-order valence-electron chi connectivity index (χ4n) is 3.20. The van der Waals surface area contributed by atoms with E-state index in [1.165, 1.54) is 11.5 Å². The summed E-state index contributed by atoms with van der Waals surface area (Å²) in [4.78, 5) is 42.8. The second kappa shape index (κ2) is 7.04. The average molecular weight is 368 g/mol. The molecule has 3 aromatic carbocycles. The molecule has 0 saturated heterocycles. The Hall–Kier alpha value is -3.86. The lowest BCUT2D eigenvalue weighted by atomic mass is 9.98. The van der Waals surface area contributed by atoms with Crippen molar-refractivity contribution in [1.29, 1.82) is 0 Å². The lowest BCUT2D eigenvalue weighted by Gasteiger charge is -2.10. The second-order valence-corrected chi connectivity index (χ2v) is 6.36. The Balaban J connectivity index is 1.89. The van der Waals surface area contributed by atoms with E-state index in [2.05, 4.69) is 4.98 Å². The molecule has 5 heteroatoms. The van der Waals surface area contributed by atoms with Gasteiger partial charge in [0.2, 0.25) is 0 Å². The Morgan fingerprint density at radius 1 is 0.750 bits per heavy atom. The first-order valence-electron chi connectivity index (χ1n) is 8.80. The van der Waals surface area contributed by atoms with Gasteiger partial charge in [-0.2, -0.15) is 0 Å². The van der Waals surface area contributed by atoms with Crippen molar-refractivity contribution in [3.63, 3.8) is 0 Å². The average Bonchev–Trinajstić information content (AvgIpc) is 3.13. The number of hydrogen-bond donors (Lipinski definition) is 0. The first kappa shape index (κ1) is 17.5. The molecule has 0 atom stereocenters. The van der Waals surface area contributed by atoms with Gasteiger partial charge in [0.25, 0.3) is 5.91 Å². The van der Waals surface area contributed by atoms with Crippen LogP contribution in [0.3, 0.4) is 0 Å². The number of fused-ring (bicyclic) bond motifs is 1. The van der Waals surface area contributed by atoms with E-state index in [1.54, 1.807) is 72.8 Å². The SMILES string of the molecule is CC(=O)c1nc2ccccc2n1C(=O)c1ccccc1C(=O)c1ccccc1. The molecule has 0 fully saturated rings. The van der Waals surface area contributed by atoms with Crippen molar-refractivity contribution < 1.29 is 14.4 Å². The summed E-state index contributed by atoms with van der Waals surface area (Å²) < 4.78 is 1.29. The van der Waals surface area contributed by atoms with Gasteiger partial charge in [-0.15, -0.1) is 0 Å². The highest BCUT2D eigenvalue weighted by molar-refractivity contribution is 6.17. The molecule has 28 heavy (non-hydrogen) atoms. The monoisotopic (exact) mass is 368 g/mol. The zero-order valence-corrected chi connectivity index (χ0v) is 15.1. The van der Waals surface area contributed by atoms with Crippen LogP contribution >= 0.6 is 0 Å². The van der Waals surface area contributed by atoms with Crippen LogP contribution < -0.4 is 0 Å². The van der Waals surface area contributed by atoms with E-state index >= 15 is 0 Å². The number of carbonyl (C=O) groups is 3. The summed E-state index contributed by atoms with van der Waals surface area (Å²) in [6.07, 6.45) is 0. The van der Waals surface area contributed by atoms with Crippen molar-refractivity contribution in [2.45, 2.75) is 6.92 Å². The number of nitrogens with zero attached hydrogens (tertiary/aromatic N) is 2. The van der Waals surface area contributed by atoms with E-state index in [4.69, 9.17) is 0 Å². The van der Waals surface area contributed by atoms with Crippen molar-refractivity contribution in [1.82, 2.24) is 9.55 Å². The number of benzene rings is 3. The Kier molecular flexibility index (Phi) is 4.41. The number of rotatable bonds is 4. The number of Topliss-reactive ketones (excluding diaryl/α,β-unsaturated/α-hetero) is 1. The van der Waals surface area contributed by atoms with Gasteiger partial charge in [-0.3, -0.25) is 19.0 Å². The summed E-state index contributed by atoms with van der Waals surface area (Å²) in [5, 5.41) is 0. The van der Waals surface area contributed by atoms with Crippen LogP contribution in [-0.2, 0) is 0 Å². The van der Waals surface area contributed by atoms with Gasteiger partial charge in [0.1, 0.15) is 0 Å². The second-order valence-electron chi connectivity index (χ2n) is 6.36. The van der Waals surface area contributed by atoms with Crippen LogP contribution in [0.2, 0.25) is 0 Å². The van der Waals surface area contributed by atoms with Crippen LogP contribution in [0.25, 0.3) is 11.0 Å². The van der Waals surface area contributed by atoms with Gasteiger partial charge in [0, 0.05) is 18.1 Å². The number of imidazole rings is 1. The van der Waals surface area contributed by atoms with Gasteiger partial charge in [-0.25, -0.2) is 4.98 Å². The fraction of sp³-hybridized carbons (Fsp3) is 0.0435. The van der Waals surface area contributed by atoms with Crippen molar-refractivity contribution in [3.05, 3.63) is 101 Å². The molecule has 0 radical (unpaired) electrons. The minimum atomic E-state index is -0.459. The van der Waals surface area contributed by atoms with Crippen LogP contribution in [0.4, 0.5) is 0 Å². The molecule has 5 nitrogen and oxygen atoms in total. The van der Waals surface area contributed by atoms with Crippen molar-refractivity contribution in [2.75, 3.05) is 0 Å². The standard InChI is InChI=1S/C23H16N2O3/c1-15(26)22-24-19-13-7-8-14-20(19)25(22)23(28)18-12-6-5-11-17(18)21(27)16-9-3-2-4-10-16/h2-14H,1H3. The van der Waals surface area contributed by atoms with E-state index in [0.29, 0.717) is 16.6 Å². The Labute approximate surface area is 161 Å². The van der Waals surface area contributed by atoms with Crippen LogP contribution in [0, 0.1) is 0 Å². The highest BCUT2D eigenvalue weighted by atomic mass is 16.2. The molecule has 0 aliphatic rings. The maximum Gasteiger partial charge on any atom is 0.264 e. The van der Waals surface area contributed by atoms with Gasteiger partial charge in [0.15, 0.2) is 17.4 Å². The van der Waals surface area contributed by atoms with Gasteiger partial charge in [-0.1, -0.05) is 60.7 Å². The third-order valence-corrected chi connectivity index (χ3v) is 4.52. The number of hydrogen-bond acceptors (Lipinski definition) is 4. The van der Waals surface area contributed by atoms with Crippen LogP contribution in [0.1, 0.15) is 43.8 Å². The van der Waals surface area contributed by atoms with Gasteiger partial charge >= 0.3 is 0 Å². The summed E-state index contributed by atoms with van der Waals surface area (Å²) in [5.74, 6) is -0.985. The number of carbonyl (C=O) groups excluding carboxylic acids is 3. The fourth-order valence-corrected chi connectivity index (χ4v) is 3.20. The Morgan fingerprint density at radius 2 is 1.36 bits per heavy atom. The van der Waals surface area contributed by atoms with E-state index < -0.39 is 5.91 Å². The van der Waals surface area contributed by atoms with Crippen LogP contribution in [-0.4, -0.2) is 27.0 Å². The molecular weight excluding hydrogens is 352 g/mol. The van der Waals surface area contributed by atoms with E-state index in [0.717, 1.165) is 0 Å². The molecule has 0 saturated carbocycles. The molecule has 0 aliphatic carbocycles. The third kappa shape index (κ3) is 2.93. The highest BCUT2D eigenvalue weighted by Gasteiger charge is 2.24. The zero-order valence-electron chi connectivity index (χ0n) is 15.1. The maximum atomic E-state index is 13.4. The van der Waals surface area contributed by atoms with Crippen LogP contribution in [0.5, 0.6) is 0 Å². The molecule has 0 spiro atoms. The van der Waals surface area contributed by atoms with Gasteiger partial charge in [0.05, 0.1) is 16.6 Å². The molecule has 4 rings (SSSR count). The van der Waals surface area contributed by atoms with Crippen LogP contribution in [0.15, 0.2) is 78.9 Å². The first-order chi connectivity index (χ1) is 13.6. The number of ketones is 2. The molecular formula is C23H16N2O3. The smallest absolute Gasteiger partial charge is 0.264 e. The zero-order chi connectivity index (χ0) is 19.7. The Morgan fingerprint density at radius 3 is 2.07 bits per heavy atom. The first-order valence-corrected chi connectivity index (χ1v) is 8.80. The van der Waals surface area contributed by atoms with E-state index in [1.807, 2.05) is 6.07 Å². The van der Waals surface area contributed by atoms with Crippen molar-refractivity contribution in [2.24, 2.45) is 0 Å². The van der Waals surface area contributed by atoms with Gasteiger partial charge in [-0.05, 0) is 18.2 Å². The molecule has 1 heterocycles. The predicted molar refractivity (Wildman–Crippen MR) is 106 cm³/mol. The highest BCUT2D eigenvalue weighted by Crippen LogP contribution is 2.21. The molecule has 136 valence electrons. The minimum absolute atomic E-state index is 0.0492. The van der Waals surface area contributed by atoms with E-state index in [9.17, 15) is 14.4 Å². The quantitative estimate of drug-likeness (QED) is 0.507. The number of aromatic nitrogens is 2. The van der Waals surface area contributed by atoms with Crippen molar-refractivity contribution in [3.8, 4) is 0 Å².